The number of imide groups is 1. The van der Waals surface area contributed by atoms with Gasteiger partial charge in [0, 0.05) is 30.9 Å². The van der Waals surface area contributed by atoms with Gasteiger partial charge in [-0.05, 0) is 31.0 Å². The summed E-state index contributed by atoms with van der Waals surface area (Å²) in [6, 6.07) is 6.20. The second kappa shape index (κ2) is 8.82. The van der Waals surface area contributed by atoms with Gasteiger partial charge in [-0.1, -0.05) is 12.8 Å². The number of ether oxygens (including phenoxy) is 2. The Morgan fingerprint density at radius 3 is 2.61 bits per heavy atom. The SMILES string of the molecule is O=C(C[NH+]1CCC[C@H]1c1ccc2c(c1)OCCCO2)NC(=O)NC1CCCC1. The molecule has 0 radical (unpaired) electrons. The Labute approximate surface area is 165 Å². The third kappa shape index (κ3) is 4.58. The molecule has 3 amide bonds. The van der Waals surface area contributed by atoms with Crippen molar-refractivity contribution in [1.29, 1.82) is 0 Å². The summed E-state index contributed by atoms with van der Waals surface area (Å²) in [5.74, 6) is 1.37. The van der Waals surface area contributed by atoms with Crippen molar-refractivity contribution in [2.24, 2.45) is 0 Å². The first kappa shape index (κ1) is 19.1. The van der Waals surface area contributed by atoms with Crippen molar-refractivity contribution in [2.75, 3.05) is 26.3 Å². The first-order valence-electron chi connectivity index (χ1n) is 10.5. The number of nitrogens with one attached hydrogen (secondary N) is 3. The summed E-state index contributed by atoms with van der Waals surface area (Å²) in [5, 5.41) is 5.42. The van der Waals surface area contributed by atoms with Crippen LogP contribution in [0.2, 0.25) is 0 Å². The molecule has 28 heavy (non-hydrogen) atoms. The van der Waals surface area contributed by atoms with Gasteiger partial charge >= 0.3 is 6.03 Å². The first-order valence-corrected chi connectivity index (χ1v) is 10.5. The lowest BCUT2D eigenvalue weighted by atomic mass is 10.0. The predicted octanol–water partition coefficient (Wildman–Crippen LogP) is 1.34. The van der Waals surface area contributed by atoms with Gasteiger partial charge in [-0.25, -0.2) is 4.79 Å². The van der Waals surface area contributed by atoms with E-state index in [0.29, 0.717) is 19.8 Å². The maximum absolute atomic E-state index is 12.4. The van der Waals surface area contributed by atoms with Gasteiger partial charge in [-0.15, -0.1) is 0 Å². The van der Waals surface area contributed by atoms with Crippen LogP contribution in [0.3, 0.4) is 0 Å². The highest BCUT2D eigenvalue weighted by atomic mass is 16.5. The molecule has 0 spiro atoms. The van der Waals surface area contributed by atoms with E-state index in [-0.39, 0.29) is 24.0 Å². The lowest BCUT2D eigenvalue weighted by Crippen LogP contribution is -3.11. The molecule has 1 aromatic carbocycles. The lowest BCUT2D eigenvalue weighted by Gasteiger charge is -2.22. The second-order valence-corrected chi connectivity index (χ2v) is 8.04. The second-order valence-electron chi connectivity index (χ2n) is 8.04. The minimum atomic E-state index is -0.359. The van der Waals surface area contributed by atoms with E-state index in [1.807, 2.05) is 6.07 Å². The molecular weight excluding hydrogens is 358 g/mol. The molecule has 2 atom stereocenters. The summed E-state index contributed by atoms with van der Waals surface area (Å²) in [4.78, 5) is 25.6. The van der Waals surface area contributed by atoms with Crippen LogP contribution in [0.25, 0.3) is 0 Å². The molecule has 1 saturated carbocycles. The van der Waals surface area contributed by atoms with Crippen LogP contribution in [0.1, 0.15) is 56.6 Å². The molecule has 1 aliphatic carbocycles. The summed E-state index contributed by atoms with van der Waals surface area (Å²) < 4.78 is 11.5. The monoisotopic (exact) mass is 388 g/mol. The van der Waals surface area contributed by atoms with Crippen LogP contribution in [-0.2, 0) is 4.79 Å². The zero-order chi connectivity index (χ0) is 19.3. The smallest absolute Gasteiger partial charge is 0.321 e. The van der Waals surface area contributed by atoms with E-state index in [4.69, 9.17) is 9.47 Å². The van der Waals surface area contributed by atoms with Crippen LogP contribution in [0.5, 0.6) is 11.5 Å². The molecule has 1 aromatic rings. The van der Waals surface area contributed by atoms with Crippen LogP contribution < -0.4 is 25.0 Å². The molecule has 0 aromatic heterocycles. The summed E-state index contributed by atoms with van der Waals surface area (Å²) in [5.41, 5.74) is 1.17. The number of amides is 3. The zero-order valence-electron chi connectivity index (χ0n) is 16.3. The minimum Gasteiger partial charge on any atom is -0.490 e. The van der Waals surface area contributed by atoms with E-state index in [1.54, 1.807) is 0 Å². The van der Waals surface area contributed by atoms with Crippen molar-refractivity contribution >= 4 is 11.9 Å². The molecule has 7 heteroatoms. The number of quaternary nitrogens is 1. The number of likely N-dealkylation sites (tertiary alicyclic amines) is 1. The van der Waals surface area contributed by atoms with E-state index in [2.05, 4.69) is 22.8 Å². The Balaban J connectivity index is 1.35. The van der Waals surface area contributed by atoms with Gasteiger partial charge in [0.05, 0.1) is 19.8 Å². The molecule has 2 aliphatic heterocycles. The van der Waals surface area contributed by atoms with Crippen LogP contribution in [-0.4, -0.2) is 44.3 Å². The number of benzene rings is 1. The largest absolute Gasteiger partial charge is 0.490 e. The molecule has 1 unspecified atom stereocenters. The molecule has 0 bridgehead atoms. The number of carbonyl (C=O) groups excluding carboxylic acids is 2. The van der Waals surface area contributed by atoms with Gasteiger partial charge < -0.3 is 19.7 Å². The van der Waals surface area contributed by atoms with Crippen molar-refractivity contribution in [2.45, 2.75) is 57.0 Å². The topological polar surface area (TPSA) is 81.1 Å². The highest BCUT2D eigenvalue weighted by Gasteiger charge is 2.33. The average Bonchev–Trinajstić information content (AvgIpc) is 3.28. The van der Waals surface area contributed by atoms with Gasteiger partial charge in [0.25, 0.3) is 5.91 Å². The lowest BCUT2D eigenvalue weighted by molar-refractivity contribution is -0.910. The molecule has 4 rings (SSSR count). The summed E-state index contributed by atoms with van der Waals surface area (Å²) >= 11 is 0. The Kier molecular flexibility index (Phi) is 6.00. The standard InChI is InChI=1S/C21H29N3O4/c25-20(23-21(26)22-16-5-1-2-6-16)14-24-10-3-7-17(24)15-8-9-18-19(13-15)28-12-4-11-27-18/h8-9,13,16-17H,1-7,10-12,14H2,(H2,22,23,25,26)/p+1/t17-/m0/s1. The van der Waals surface area contributed by atoms with Gasteiger partial charge in [0.2, 0.25) is 0 Å². The molecule has 3 aliphatic rings. The number of fused-ring (bicyclic) bond motifs is 1. The number of hydrogen-bond donors (Lipinski definition) is 3. The zero-order valence-corrected chi connectivity index (χ0v) is 16.3. The molecule has 152 valence electrons. The number of rotatable bonds is 4. The Morgan fingerprint density at radius 2 is 1.79 bits per heavy atom. The van der Waals surface area contributed by atoms with E-state index < -0.39 is 0 Å². The fourth-order valence-corrected chi connectivity index (χ4v) is 4.59. The first-order chi connectivity index (χ1) is 13.7. The molecule has 1 saturated heterocycles. The molecule has 2 heterocycles. The van der Waals surface area contributed by atoms with Crippen LogP contribution in [0.15, 0.2) is 18.2 Å². The van der Waals surface area contributed by atoms with Crippen LogP contribution >= 0.6 is 0 Å². The Hall–Kier alpha value is -2.28. The van der Waals surface area contributed by atoms with E-state index in [9.17, 15) is 9.59 Å². The van der Waals surface area contributed by atoms with Crippen molar-refractivity contribution in [3.63, 3.8) is 0 Å². The molecule has 7 nitrogen and oxygen atoms in total. The van der Waals surface area contributed by atoms with Crippen LogP contribution in [0.4, 0.5) is 4.79 Å². The maximum atomic E-state index is 12.4. The van der Waals surface area contributed by atoms with Gasteiger partial charge in [0.1, 0.15) is 6.04 Å². The molecule has 2 fully saturated rings. The predicted molar refractivity (Wildman–Crippen MR) is 104 cm³/mol. The highest BCUT2D eigenvalue weighted by Crippen LogP contribution is 2.33. The third-order valence-corrected chi connectivity index (χ3v) is 5.99. The van der Waals surface area contributed by atoms with Gasteiger partial charge in [0.15, 0.2) is 18.0 Å². The van der Waals surface area contributed by atoms with Crippen molar-refractivity contribution < 1.29 is 24.0 Å². The van der Waals surface area contributed by atoms with E-state index in [0.717, 1.165) is 63.0 Å². The third-order valence-electron chi connectivity index (χ3n) is 5.99. The minimum absolute atomic E-state index is 0.210. The fourth-order valence-electron chi connectivity index (χ4n) is 4.59. The maximum Gasteiger partial charge on any atom is 0.321 e. The highest BCUT2D eigenvalue weighted by molar-refractivity contribution is 5.94. The van der Waals surface area contributed by atoms with Crippen LogP contribution in [0, 0.1) is 0 Å². The van der Waals surface area contributed by atoms with Crippen molar-refractivity contribution in [1.82, 2.24) is 10.6 Å². The van der Waals surface area contributed by atoms with E-state index in [1.165, 1.54) is 10.5 Å². The summed E-state index contributed by atoms with van der Waals surface area (Å²) in [6.07, 6.45) is 7.28. The quantitative estimate of drug-likeness (QED) is 0.727. The average molecular weight is 388 g/mol. The van der Waals surface area contributed by atoms with Crippen molar-refractivity contribution in [3.05, 3.63) is 23.8 Å². The van der Waals surface area contributed by atoms with Crippen molar-refractivity contribution in [3.8, 4) is 11.5 Å². The number of carbonyl (C=O) groups is 2. The number of hydrogen-bond acceptors (Lipinski definition) is 4. The number of urea groups is 1. The fraction of sp³-hybridized carbons (Fsp3) is 0.619. The van der Waals surface area contributed by atoms with E-state index >= 15 is 0 Å². The summed E-state index contributed by atoms with van der Waals surface area (Å²) in [7, 11) is 0. The molecular formula is C21H30N3O4+. The van der Waals surface area contributed by atoms with Gasteiger partial charge in [-0.2, -0.15) is 0 Å². The normalized spacial score (nSPS) is 24.6. The Bertz CT molecular complexity index is 718. The molecule has 3 N–H and O–H groups in total. The van der Waals surface area contributed by atoms with Gasteiger partial charge in [-0.3, -0.25) is 10.1 Å². The Morgan fingerprint density at radius 1 is 1.00 bits per heavy atom. The summed E-state index contributed by atoms with van der Waals surface area (Å²) in [6.45, 7) is 2.57.